The van der Waals surface area contributed by atoms with E-state index in [9.17, 15) is 8.42 Å². The minimum Gasteiger partial charge on any atom is -0.300 e. The van der Waals surface area contributed by atoms with Crippen molar-refractivity contribution in [3.8, 4) is 11.4 Å². The van der Waals surface area contributed by atoms with Crippen LogP contribution in [0.4, 0.5) is 0 Å². The lowest BCUT2D eigenvalue weighted by Gasteiger charge is -2.06. The maximum absolute atomic E-state index is 11.3. The fourth-order valence-corrected chi connectivity index (χ4v) is 2.72. The normalized spacial score (nSPS) is 11.8. The highest BCUT2D eigenvalue weighted by molar-refractivity contribution is 8.13. The molecule has 0 unspecified atom stereocenters. The second-order valence-electron chi connectivity index (χ2n) is 3.76. The molecule has 2 rings (SSSR count). The SMILES string of the molecule is Cc1ccc(Cl)cc1-c1nnc(S(=O)(=O)Cl)n1C. The highest BCUT2D eigenvalue weighted by atomic mass is 35.7. The highest BCUT2D eigenvalue weighted by Crippen LogP contribution is 2.26. The molecular weight excluding hydrogens is 297 g/mol. The van der Waals surface area contributed by atoms with Crippen molar-refractivity contribution in [1.29, 1.82) is 0 Å². The molecule has 0 atom stereocenters. The van der Waals surface area contributed by atoms with E-state index in [1.807, 2.05) is 13.0 Å². The summed E-state index contributed by atoms with van der Waals surface area (Å²) in [5, 5.41) is 7.67. The van der Waals surface area contributed by atoms with Crippen LogP contribution in [0.25, 0.3) is 11.4 Å². The first-order valence-electron chi connectivity index (χ1n) is 4.91. The van der Waals surface area contributed by atoms with E-state index in [2.05, 4.69) is 10.2 Å². The zero-order valence-corrected chi connectivity index (χ0v) is 11.9. The molecule has 2 aromatic rings. The van der Waals surface area contributed by atoms with Gasteiger partial charge in [0.15, 0.2) is 5.82 Å². The van der Waals surface area contributed by atoms with Gasteiger partial charge in [-0.15, -0.1) is 10.2 Å². The van der Waals surface area contributed by atoms with Crippen LogP contribution in [0.1, 0.15) is 5.56 Å². The third-order valence-corrected chi connectivity index (χ3v) is 3.93. The first-order valence-corrected chi connectivity index (χ1v) is 7.60. The van der Waals surface area contributed by atoms with E-state index in [-0.39, 0.29) is 5.16 Å². The molecule has 0 radical (unpaired) electrons. The Labute approximate surface area is 114 Å². The summed E-state index contributed by atoms with van der Waals surface area (Å²) in [7, 11) is 2.88. The molecular formula is C10H9Cl2N3O2S. The van der Waals surface area contributed by atoms with Crippen LogP contribution in [-0.2, 0) is 16.1 Å². The van der Waals surface area contributed by atoms with Gasteiger partial charge in [0.1, 0.15) is 0 Å². The number of rotatable bonds is 2. The summed E-state index contributed by atoms with van der Waals surface area (Å²) in [6.45, 7) is 1.87. The van der Waals surface area contributed by atoms with Crippen LogP contribution in [0.2, 0.25) is 5.02 Å². The number of hydrogen-bond donors (Lipinski definition) is 0. The van der Waals surface area contributed by atoms with Crippen molar-refractivity contribution in [2.75, 3.05) is 0 Å². The Bertz CT molecular complexity index is 710. The van der Waals surface area contributed by atoms with Gasteiger partial charge in [-0.3, -0.25) is 4.57 Å². The van der Waals surface area contributed by atoms with E-state index < -0.39 is 9.05 Å². The summed E-state index contributed by atoms with van der Waals surface area (Å²) >= 11 is 5.91. The molecule has 0 amide bonds. The van der Waals surface area contributed by atoms with Gasteiger partial charge in [-0.25, -0.2) is 8.42 Å². The molecule has 0 bridgehead atoms. The number of hydrogen-bond acceptors (Lipinski definition) is 4. The average Bonchev–Trinajstić information content (AvgIpc) is 2.63. The molecule has 0 aliphatic carbocycles. The molecule has 5 nitrogen and oxygen atoms in total. The molecule has 96 valence electrons. The van der Waals surface area contributed by atoms with Gasteiger partial charge in [-0.1, -0.05) is 17.7 Å². The van der Waals surface area contributed by atoms with E-state index in [4.69, 9.17) is 22.3 Å². The number of halogens is 2. The summed E-state index contributed by atoms with van der Waals surface area (Å²) in [6.07, 6.45) is 0. The van der Waals surface area contributed by atoms with Crippen LogP contribution in [0.15, 0.2) is 23.4 Å². The van der Waals surface area contributed by atoms with Gasteiger partial charge in [-0.05, 0) is 24.6 Å². The lowest BCUT2D eigenvalue weighted by Crippen LogP contribution is -2.03. The zero-order valence-electron chi connectivity index (χ0n) is 9.55. The summed E-state index contributed by atoms with van der Waals surface area (Å²) in [6, 6.07) is 5.27. The molecule has 0 saturated carbocycles. The zero-order chi connectivity index (χ0) is 13.5. The third kappa shape index (κ3) is 2.36. The van der Waals surface area contributed by atoms with Gasteiger partial charge < -0.3 is 0 Å². The van der Waals surface area contributed by atoms with E-state index in [0.29, 0.717) is 16.4 Å². The summed E-state index contributed by atoms with van der Waals surface area (Å²) in [5.41, 5.74) is 1.62. The van der Waals surface area contributed by atoms with Gasteiger partial charge in [0.05, 0.1) is 0 Å². The minimum atomic E-state index is -3.92. The Kier molecular flexibility index (Phi) is 3.35. The summed E-state index contributed by atoms with van der Waals surface area (Å²) in [4.78, 5) is 0. The van der Waals surface area contributed by atoms with Crippen molar-refractivity contribution < 1.29 is 8.42 Å². The number of nitrogens with zero attached hydrogens (tertiary/aromatic N) is 3. The Morgan fingerprint density at radius 1 is 1.28 bits per heavy atom. The number of aromatic nitrogens is 3. The predicted molar refractivity (Wildman–Crippen MR) is 69.2 cm³/mol. The van der Waals surface area contributed by atoms with Crippen LogP contribution in [0, 0.1) is 6.92 Å². The molecule has 8 heteroatoms. The average molecular weight is 306 g/mol. The van der Waals surface area contributed by atoms with E-state index in [1.165, 1.54) is 11.6 Å². The quantitative estimate of drug-likeness (QED) is 0.799. The van der Waals surface area contributed by atoms with Gasteiger partial charge in [0.25, 0.3) is 14.2 Å². The molecule has 18 heavy (non-hydrogen) atoms. The Hall–Kier alpha value is -1.11. The lowest BCUT2D eigenvalue weighted by molar-refractivity contribution is 0.593. The first-order chi connectivity index (χ1) is 8.30. The third-order valence-electron chi connectivity index (χ3n) is 2.49. The minimum absolute atomic E-state index is 0.293. The van der Waals surface area contributed by atoms with Crippen LogP contribution in [0.3, 0.4) is 0 Å². The predicted octanol–water partition coefficient (Wildman–Crippen LogP) is 2.37. The Morgan fingerprint density at radius 2 is 1.94 bits per heavy atom. The molecule has 0 saturated heterocycles. The topological polar surface area (TPSA) is 64.8 Å². The molecule has 0 spiro atoms. The van der Waals surface area contributed by atoms with E-state index >= 15 is 0 Å². The molecule has 0 N–H and O–H groups in total. The highest BCUT2D eigenvalue weighted by Gasteiger charge is 2.21. The smallest absolute Gasteiger partial charge is 0.296 e. The van der Waals surface area contributed by atoms with Gasteiger partial charge in [0.2, 0.25) is 0 Å². The van der Waals surface area contributed by atoms with E-state index in [0.717, 1.165) is 5.56 Å². The second kappa shape index (κ2) is 4.53. The maximum atomic E-state index is 11.3. The number of benzene rings is 1. The van der Waals surface area contributed by atoms with Crippen molar-refractivity contribution >= 4 is 31.3 Å². The monoisotopic (exact) mass is 305 g/mol. The maximum Gasteiger partial charge on any atom is 0.296 e. The van der Waals surface area contributed by atoms with Gasteiger partial charge in [0, 0.05) is 28.3 Å². The summed E-state index contributed by atoms with van der Waals surface area (Å²) in [5.74, 6) is 0.397. The fourth-order valence-electron chi connectivity index (χ4n) is 1.60. The van der Waals surface area contributed by atoms with Crippen molar-refractivity contribution in [1.82, 2.24) is 14.8 Å². The fraction of sp³-hybridized carbons (Fsp3) is 0.200. The number of aryl methyl sites for hydroxylation is 1. The largest absolute Gasteiger partial charge is 0.300 e. The van der Waals surface area contributed by atoms with Crippen LogP contribution in [-0.4, -0.2) is 23.2 Å². The van der Waals surface area contributed by atoms with Crippen molar-refractivity contribution in [2.24, 2.45) is 7.05 Å². The summed E-state index contributed by atoms with van der Waals surface area (Å²) < 4.78 is 23.9. The van der Waals surface area contributed by atoms with Crippen LogP contribution >= 0.6 is 22.3 Å². The van der Waals surface area contributed by atoms with Crippen molar-refractivity contribution in [2.45, 2.75) is 12.1 Å². The molecule has 1 aromatic heterocycles. The lowest BCUT2D eigenvalue weighted by atomic mass is 10.1. The molecule has 1 heterocycles. The van der Waals surface area contributed by atoms with Crippen LogP contribution in [0.5, 0.6) is 0 Å². The second-order valence-corrected chi connectivity index (χ2v) is 6.66. The molecule has 0 fully saturated rings. The van der Waals surface area contributed by atoms with Crippen molar-refractivity contribution in [3.63, 3.8) is 0 Å². The van der Waals surface area contributed by atoms with Crippen LogP contribution < -0.4 is 0 Å². The first kappa shape index (κ1) is 13.3. The van der Waals surface area contributed by atoms with Gasteiger partial charge in [-0.2, -0.15) is 0 Å². The van der Waals surface area contributed by atoms with Gasteiger partial charge >= 0.3 is 0 Å². The molecule has 1 aromatic carbocycles. The van der Waals surface area contributed by atoms with E-state index in [1.54, 1.807) is 12.1 Å². The molecule has 0 aliphatic heterocycles. The van der Waals surface area contributed by atoms with Crippen molar-refractivity contribution in [3.05, 3.63) is 28.8 Å². The Morgan fingerprint density at radius 3 is 2.50 bits per heavy atom. The molecule has 0 aliphatic rings. The standard InChI is InChI=1S/C10H9Cl2N3O2S/c1-6-3-4-7(11)5-8(6)9-13-14-10(15(9)2)18(12,16)17/h3-5H,1-2H3. The Balaban J connectivity index is 2.67.